The Morgan fingerprint density at radius 1 is 1.43 bits per heavy atom. The van der Waals surface area contributed by atoms with Crippen molar-refractivity contribution in [1.82, 2.24) is 0 Å². The largest absolute Gasteiger partial charge is 0.377 e. The second kappa shape index (κ2) is 6.43. The third kappa shape index (κ3) is 3.35. The number of nitrogens with one attached hydrogen (secondary N) is 1. The van der Waals surface area contributed by atoms with Gasteiger partial charge in [0.2, 0.25) is 0 Å². The van der Waals surface area contributed by atoms with Gasteiger partial charge >= 0.3 is 0 Å². The van der Waals surface area contributed by atoms with Gasteiger partial charge in [0, 0.05) is 18.2 Å². The zero-order valence-electron chi connectivity index (χ0n) is 13.0. The van der Waals surface area contributed by atoms with Gasteiger partial charge in [-0.2, -0.15) is 0 Å². The lowest BCUT2D eigenvalue weighted by Crippen LogP contribution is -2.43. The predicted octanol–water partition coefficient (Wildman–Crippen LogP) is 4.05. The van der Waals surface area contributed by atoms with Gasteiger partial charge in [-0.1, -0.05) is 26.0 Å². The first-order valence-corrected chi connectivity index (χ1v) is 7.66. The Bertz CT molecular complexity index is 512. The minimum atomic E-state index is -0.302. The van der Waals surface area contributed by atoms with Crippen LogP contribution in [0.1, 0.15) is 45.1 Å². The molecule has 1 aromatic carbocycles. The molecule has 21 heavy (non-hydrogen) atoms. The third-order valence-electron chi connectivity index (χ3n) is 4.56. The Hall–Kier alpha value is -1.62. The molecule has 1 saturated heterocycles. The molecule has 5 nitrogen and oxygen atoms in total. The number of nitro groups is 1. The number of nitrogens with zero attached hydrogens (tertiary/aromatic N) is 1. The molecule has 1 unspecified atom stereocenters. The SMILES string of the molecule is CCC1(CC)CC(Nc2cccc(C)c2[N+](=O)[O-])CCO1. The van der Waals surface area contributed by atoms with Crippen LogP contribution in [-0.2, 0) is 4.74 Å². The van der Waals surface area contributed by atoms with Crippen LogP contribution in [-0.4, -0.2) is 23.2 Å². The van der Waals surface area contributed by atoms with Crippen molar-refractivity contribution in [2.75, 3.05) is 11.9 Å². The van der Waals surface area contributed by atoms with E-state index in [1.54, 1.807) is 19.1 Å². The van der Waals surface area contributed by atoms with E-state index in [9.17, 15) is 10.1 Å². The van der Waals surface area contributed by atoms with Crippen molar-refractivity contribution in [3.05, 3.63) is 33.9 Å². The van der Waals surface area contributed by atoms with Gasteiger partial charge < -0.3 is 10.1 Å². The maximum atomic E-state index is 11.3. The lowest BCUT2D eigenvalue weighted by molar-refractivity contribution is -0.384. The van der Waals surface area contributed by atoms with E-state index in [-0.39, 0.29) is 22.3 Å². The van der Waals surface area contributed by atoms with Gasteiger partial charge in [0.25, 0.3) is 5.69 Å². The van der Waals surface area contributed by atoms with Crippen molar-refractivity contribution in [2.24, 2.45) is 0 Å². The van der Waals surface area contributed by atoms with Crippen LogP contribution in [0.2, 0.25) is 0 Å². The Labute approximate surface area is 125 Å². The molecule has 0 aromatic heterocycles. The summed E-state index contributed by atoms with van der Waals surface area (Å²) in [6.07, 6.45) is 3.72. The monoisotopic (exact) mass is 292 g/mol. The second-order valence-corrected chi connectivity index (χ2v) is 5.80. The summed E-state index contributed by atoms with van der Waals surface area (Å²) in [5, 5.41) is 14.6. The molecule has 1 N–H and O–H groups in total. The number of rotatable bonds is 5. The fourth-order valence-electron chi connectivity index (χ4n) is 3.13. The van der Waals surface area contributed by atoms with E-state index >= 15 is 0 Å². The smallest absolute Gasteiger partial charge is 0.295 e. The van der Waals surface area contributed by atoms with E-state index in [1.807, 2.05) is 6.07 Å². The first kappa shape index (κ1) is 15.8. The fourth-order valence-corrected chi connectivity index (χ4v) is 3.13. The van der Waals surface area contributed by atoms with Crippen LogP contribution >= 0.6 is 0 Å². The number of ether oxygens (including phenoxy) is 1. The van der Waals surface area contributed by atoms with Crippen molar-refractivity contribution < 1.29 is 9.66 Å². The summed E-state index contributed by atoms with van der Waals surface area (Å²) in [6.45, 7) is 6.76. The van der Waals surface area contributed by atoms with Gasteiger partial charge in [0.05, 0.1) is 10.5 Å². The van der Waals surface area contributed by atoms with Crippen molar-refractivity contribution in [3.8, 4) is 0 Å². The van der Waals surface area contributed by atoms with E-state index < -0.39 is 0 Å². The molecule has 0 aliphatic carbocycles. The van der Waals surface area contributed by atoms with Crippen LogP contribution in [0.5, 0.6) is 0 Å². The van der Waals surface area contributed by atoms with E-state index in [4.69, 9.17) is 4.74 Å². The van der Waals surface area contributed by atoms with Gasteiger partial charge in [-0.05, 0) is 38.7 Å². The highest BCUT2D eigenvalue weighted by atomic mass is 16.6. The lowest BCUT2D eigenvalue weighted by Gasteiger charge is -2.40. The summed E-state index contributed by atoms with van der Waals surface area (Å²) in [4.78, 5) is 11.0. The van der Waals surface area contributed by atoms with Gasteiger partial charge in [0.15, 0.2) is 0 Å². The Balaban J connectivity index is 2.19. The molecule has 0 bridgehead atoms. The number of hydrogen-bond donors (Lipinski definition) is 1. The number of para-hydroxylation sites is 1. The molecule has 2 rings (SSSR count). The maximum absolute atomic E-state index is 11.3. The number of aryl methyl sites for hydroxylation is 1. The Morgan fingerprint density at radius 2 is 2.14 bits per heavy atom. The fraction of sp³-hybridized carbons (Fsp3) is 0.625. The first-order chi connectivity index (χ1) is 10.0. The molecule has 1 fully saturated rings. The normalized spacial score (nSPS) is 21.0. The minimum Gasteiger partial charge on any atom is -0.377 e. The highest BCUT2D eigenvalue weighted by molar-refractivity contribution is 5.65. The second-order valence-electron chi connectivity index (χ2n) is 5.80. The van der Waals surface area contributed by atoms with Crippen molar-refractivity contribution in [1.29, 1.82) is 0 Å². The Morgan fingerprint density at radius 3 is 2.76 bits per heavy atom. The zero-order valence-corrected chi connectivity index (χ0v) is 13.0. The summed E-state index contributed by atoms with van der Waals surface area (Å²) in [7, 11) is 0. The average Bonchev–Trinajstić information content (AvgIpc) is 2.47. The standard InChI is InChI=1S/C16H24N2O3/c1-4-16(5-2)11-13(9-10-21-16)17-14-8-6-7-12(3)15(14)18(19)20/h6-8,13,17H,4-5,9-11H2,1-3H3. The molecule has 116 valence electrons. The van der Waals surface area contributed by atoms with E-state index in [2.05, 4.69) is 19.2 Å². The molecule has 0 radical (unpaired) electrons. The van der Waals surface area contributed by atoms with Crippen LogP contribution in [0.25, 0.3) is 0 Å². The molecule has 1 atom stereocenters. The predicted molar refractivity (Wildman–Crippen MR) is 83.7 cm³/mol. The molecule has 1 aliphatic rings. The molecule has 0 amide bonds. The van der Waals surface area contributed by atoms with E-state index in [1.165, 1.54) is 0 Å². The van der Waals surface area contributed by atoms with Crippen molar-refractivity contribution in [2.45, 2.75) is 58.1 Å². The Kier molecular flexibility index (Phi) is 4.83. The van der Waals surface area contributed by atoms with Gasteiger partial charge in [-0.25, -0.2) is 0 Å². The number of benzene rings is 1. The molecular weight excluding hydrogens is 268 g/mol. The molecule has 1 heterocycles. The minimum absolute atomic E-state index is 0.0888. The molecular formula is C16H24N2O3. The zero-order chi connectivity index (χ0) is 15.5. The first-order valence-electron chi connectivity index (χ1n) is 7.66. The van der Waals surface area contributed by atoms with E-state index in [0.29, 0.717) is 17.9 Å². The number of anilines is 1. The van der Waals surface area contributed by atoms with Gasteiger partial charge in [-0.15, -0.1) is 0 Å². The summed E-state index contributed by atoms with van der Waals surface area (Å²) in [5.41, 5.74) is 1.40. The molecule has 0 spiro atoms. The van der Waals surface area contributed by atoms with Gasteiger partial charge in [0.1, 0.15) is 5.69 Å². The third-order valence-corrected chi connectivity index (χ3v) is 4.56. The van der Waals surface area contributed by atoms with Crippen LogP contribution in [0.4, 0.5) is 11.4 Å². The number of nitro benzene ring substituents is 1. The molecule has 5 heteroatoms. The average molecular weight is 292 g/mol. The topological polar surface area (TPSA) is 64.4 Å². The van der Waals surface area contributed by atoms with Crippen molar-refractivity contribution >= 4 is 11.4 Å². The van der Waals surface area contributed by atoms with Crippen LogP contribution < -0.4 is 5.32 Å². The highest BCUT2D eigenvalue weighted by Gasteiger charge is 2.35. The quantitative estimate of drug-likeness (QED) is 0.656. The lowest BCUT2D eigenvalue weighted by atomic mass is 9.86. The molecule has 1 aliphatic heterocycles. The number of hydrogen-bond acceptors (Lipinski definition) is 4. The molecule has 1 aromatic rings. The summed E-state index contributed by atoms with van der Waals surface area (Å²) in [5.74, 6) is 0. The van der Waals surface area contributed by atoms with Crippen molar-refractivity contribution in [3.63, 3.8) is 0 Å². The summed E-state index contributed by atoms with van der Waals surface area (Å²) in [6, 6.07) is 5.64. The van der Waals surface area contributed by atoms with E-state index in [0.717, 1.165) is 25.7 Å². The molecule has 0 saturated carbocycles. The van der Waals surface area contributed by atoms with Gasteiger partial charge in [-0.3, -0.25) is 10.1 Å². The van der Waals surface area contributed by atoms with Crippen LogP contribution in [0, 0.1) is 17.0 Å². The van der Waals surface area contributed by atoms with Crippen LogP contribution in [0.15, 0.2) is 18.2 Å². The maximum Gasteiger partial charge on any atom is 0.295 e. The summed E-state index contributed by atoms with van der Waals surface area (Å²) < 4.78 is 5.96. The summed E-state index contributed by atoms with van der Waals surface area (Å²) >= 11 is 0. The highest BCUT2D eigenvalue weighted by Crippen LogP contribution is 2.35. The van der Waals surface area contributed by atoms with Crippen LogP contribution in [0.3, 0.4) is 0 Å².